The van der Waals surface area contributed by atoms with Crippen LogP contribution >= 0.6 is 12.2 Å². The summed E-state index contributed by atoms with van der Waals surface area (Å²) in [5.74, 6) is 1.20. The quantitative estimate of drug-likeness (QED) is 0.751. The van der Waals surface area contributed by atoms with Crippen molar-refractivity contribution >= 4 is 23.1 Å². The van der Waals surface area contributed by atoms with Gasteiger partial charge in [0.2, 0.25) is 5.91 Å². The number of hydrogen-bond donors (Lipinski definition) is 1. The number of carbonyl (C=O) groups excluding carboxylic acids is 1. The van der Waals surface area contributed by atoms with Gasteiger partial charge in [0.25, 0.3) is 0 Å². The van der Waals surface area contributed by atoms with Crippen LogP contribution < -0.4 is 5.73 Å². The normalized spacial score (nSPS) is 26.6. The predicted molar refractivity (Wildman–Crippen MR) is 70.1 cm³/mol. The second-order valence-electron chi connectivity index (χ2n) is 5.65. The van der Waals surface area contributed by atoms with Crippen molar-refractivity contribution in [3.8, 4) is 0 Å². The van der Waals surface area contributed by atoms with E-state index in [9.17, 15) is 4.79 Å². The first-order chi connectivity index (χ1) is 7.25. The Bertz CT molecular complexity index is 291. The van der Waals surface area contributed by atoms with Gasteiger partial charge in [-0.3, -0.25) is 4.79 Å². The number of carbonyl (C=O) groups is 1. The average Bonchev–Trinajstić information content (AvgIpc) is 2.14. The van der Waals surface area contributed by atoms with Crippen LogP contribution in [-0.4, -0.2) is 28.9 Å². The molecule has 1 rings (SSSR count). The third kappa shape index (κ3) is 2.73. The Morgan fingerprint density at radius 1 is 1.31 bits per heavy atom. The monoisotopic (exact) mass is 242 g/mol. The van der Waals surface area contributed by atoms with Crippen molar-refractivity contribution in [3.63, 3.8) is 0 Å². The van der Waals surface area contributed by atoms with E-state index in [0.29, 0.717) is 11.8 Å². The molecule has 0 bridgehead atoms. The molecule has 2 unspecified atom stereocenters. The molecule has 0 saturated carbocycles. The molecule has 1 heterocycles. The molecule has 1 saturated heterocycles. The van der Waals surface area contributed by atoms with Crippen LogP contribution in [0.4, 0.5) is 0 Å². The predicted octanol–water partition coefficient (Wildman–Crippen LogP) is 1.80. The van der Waals surface area contributed by atoms with Crippen LogP contribution in [0.2, 0.25) is 0 Å². The second-order valence-corrected chi connectivity index (χ2v) is 6.09. The summed E-state index contributed by atoms with van der Waals surface area (Å²) in [5.41, 5.74) is 4.91. The standard InChI is InChI=1S/C12H22N2OS/c1-8-5-9(2)7-14(6-8)11(15)12(3,4)10(13)16/h8-9H,5-7H2,1-4H3,(H2,13,16). The van der Waals surface area contributed by atoms with Crippen LogP contribution in [0.5, 0.6) is 0 Å². The van der Waals surface area contributed by atoms with E-state index in [0.717, 1.165) is 13.1 Å². The molecule has 2 atom stereocenters. The number of nitrogens with two attached hydrogens (primary N) is 1. The highest BCUT2D eigenvalue weighted by Crippen LogP contribution is 2.26. The third-order valence-electron chi connectivity index (χ3n) is 3.31. The molecule has 2 N–H and O–H groups in total. The van der Waals surface area contributed by atoms with E-state index >= 15 is 0 Å². The molecule has 0 aromatic carbocycles. The first kappa shape index (κ1) is 13.4. The maximum atomic E-state index is 12.3. The maximum absolute atomic E-state index is 12.3. The van der Waals surface area contributed by atoms with E-state index in [1.165, 1.54) is 6.42 Å². The van der Waals surface area contributed by atoms with Crippen molar-refractivity contribution in [1.82, 2.24) is 4.90 Å². The number of amides is 1. The van der Waals surface area contributed by atoms with Gasteiger partial charge in [-0.05, 0) is 32.1 Å². The molecule has 3 nitrogen and oxygen atoms in total. The number of hydrogen-bond acceptors (Lipinski definition) is 2. The van der Waals surface area contributed by atoms with E-state index in [-0.39, 0.29) is 10.9 Å². The van der Waals surface area contributed by atoms with Crippen LogP contribution in [0.3, 0.4) is 0 Å². The van der Waals surface area contributed by atoms with Gasteiger partial charge in [-0.15, -0.1) is 0 Å². The van der Waals surface area contributed by atoms with Gasteiger partial charge in [-0.1, -0.05) is 26.1 Å². The summed E-state index contributed by atoms with van der Waals surface area (Å²) in [6.07, 6.45) is 1.19. The fourth-order valence-electron chi connectivity index (χ4n) is 2.33. The summed E-state index contributed by atoms with van der Waals surface area (Å²) in [4.78, 5) is 14.5. The van der Waals surface area contributed by atoms with E-state index in [1.54, 1.807) is 0 Å². The van der Waals surface area contributed by atoms with Gasteiger partial charge >= 0.3 is 0 Å². The summed E-state index contributed by atoms with van der Waals surface area (Å²) < 4.78 is 0. The molecule has 1 aliphatic rings. The van der Waals surface area contributed by atoms with Crippen molar-refractivity contribution in [2.45, 2.75) is 34.1 Å². The van der Waals surface area contributed by atoms with Gasteiger partial charge in [-0.2, -0.15) is 0 Å². The van der Waals surface area contributed by atoms with Crippen LogP contribution in [0.25, 0.3) is 0 Å². The van der Waals surface area contributed by atoms with Crippen LogP contribution in [-0.2, 0) is 4.79 Å². The zero-order chi connectivity index (χ0) is 12.5. The number of piperidine rings is 1. The fourth-order valence-corrected chi connectivity index (χ4v) is 2.42. The van der Waals surface area contributed by atoms with Crippen molar-refractivity contribution < 1.29 is 4.79 Å². The third-order valence-corrected chi connectivity index (χ3v) is 3.82. The topological polar surface area (TPSA) is 46.3 Å². The maximum Gasteiger partial charge on any atom is 0.235 e. The molecule has 0 aliphatic carbocycles. The SMILES string of the molecule is CC1CC(C)CN(C(=O)C(C)(C)C(N)=S)C1. The summed E-state index contributed by atoms with van der Waals surface area (Å²) in [6, 6.07) is 0. The van der Waals surface area contributed by atoms with Gasteiger partial charge in [0.1, 0.15) is 0 Å². The Kier molecular flexibility index (Phi) is 3.94. The lowest BCUT2D eigenvalue weighted by Crippen LogP contribution is -2.51. The fraction of sp³-hybridized carbons (Fsp3) is 0.833. The average molecular weight is 242 g/mol. The molecule has 92 valence electrons. The highest BCUT2D eigenvalue weighted by molar-refractivity contribution is 7.80. The van der Waals surface area contributed by atoms with Crippen molar-refractivity contribution in [2.24, 2.45) is 23.0 Å². The highest BCUT2D eigenvalue weighted by Gasteiger charge is 2.37. The molecule has 1 fully saturated rings. The Balaban J connectivity index is 2.77. The van der Waals surface area contributed by atoms with Crippen molar-refractivity contribution in [2.75, 3.05) is 13.1 Å². The van der Waals surface area contributed by atoms with Gasteiger partial charge in [0.15, 0.2) is 0 Å². The molecule has 16 heavy (non-hydrogen) atoms. The summed E-state index contributed by atoms with van der Waals surface area (Å²) in [6.45, 7) is 9.64. The van der Waals surface area contributed by atoms with Gasteiger partial charge in [0.05, 0.1) is 10.4 Å². The summed E-state index contributed by atoms with van der Waals surface area (Å²) in [5, 5.41) is 0. The molecule has 1 amide bonds. The van der Waals surface area contributed by atoms with E-state index in [1.807, 2.05) is 18.7 Å². The molecule has 0 spiro atoms. The largest absolute Gasteiger partial charge is 0.392 e. The van der Waals surface area contributed by atoms with Gasteiger partial charge in [-0.25, -0.2) is 0 Å². The molecule has 0 radical (unpaired) electrons. The minimum absolute atomic E-state index is 0.0680. The molecule has 0 aromatic rings. The molecule has 4 heteroatoms. The minimum Gasteiger partial charge on any atom is -0.392 e. The Labute approximate surface area is 103 Å². The Morgan fingerprint density at radius 3 is 2.12 bits per heavy atom. The molecule has 0 aromatic heterocycles. The Morgan fingerprint density at radius 2 is 1.75 bits per heavy atom. The van der Waals surface area contributed by atoms with E-state index in [4.69, 9.17) is 18.0 Å². The zero-order valence-electron chi connectivity index (χ0n) is 10.6. The van der Waals surface area contributed by atoms with Gasteiger partial charge in [0, 0.05) is 13.1 Å². The molecular weight excluding hydrogens is 220 g/mol. The minimum atomic E-state index is -0.716. The van der Waals surface area contributed by atoms with Crippen molar-refractivity contribution in [3.05, 3.63) is 0 Å². The second kappa shape index (κ2) is 4.70. The first-order valence-corrected chi connectivity index (χ1v) is 6.25. The Hall–Kier alpha value is -0.640. The zero-order valence-corrected chi connectivity index (χ0v) is 11.4. The van der Waals surface area contributed by atoms with Crippen molar-refractivity contribution in [1.29, 1.82) is 0 Å². The number of likely N-dealkylation sites (tertiary alicyclic amines) is 1. The lowest BCUT2D eigenvalue weighted by atomic mass is 9.87. The highest BCUT2D eigenvalue weighted by atomic mass is 32.1. The molecule has 1 aliphatic heterocycles. The van der Waals surface area contributed by atoms with Crippen LogP contribution in [0, 0.1) is 17.3 Å². The van der Waals surface area contributed by atoms with E-state index < -0.39 is 5.41 Å². The van der Waals surface area contributed by atoms with Crippen LogP contribution in [0.1, 0.15) is 34.1 Å². The summed E-state index contributed by atoms with van der Waals surface area (Å²) in [7, 11) is 0. The first-order valence-electron chi connectivity index (χ1n) is 5.84. The molecular formula is C12H22N2OS. The van der Waals surface area contributed by atoms with E-state index in [2.05, 4.69) is 13.8 Å². The lowest BCUT2D eigenvalue weighted by molar-refractivity contribution is -0.139. The number of nitrogens with zero attached hydrogens (tertiary/aromatic N) is 1. The smallest absolute Gasteiger partial charge is 0.235 e. The van der Waals surface area contributed by atoms with Crippen LogP contribution in [0.15, 0.2) is 0 Å². The lowest BCUT2D eigenvalue weighted by Gasteiger charge is -2.39. The number of rotatable bonds is 2. The van der Waals surface area contributed by atoms with Gasteiger partial charge < -0.3 is 10.6 Å². The summed E-state index contributed by atoms with van der Waals surface area (Å²) >= 11 is 4.97. The number of thiocarbonyl (C=S) groups is 1.